The predicted octanol–water partition coefficient (Wildman–Crippen LogP) is 3.95. The maximum atomic E-state index is 13.2. The van der Waals surface area contributed by atoms with Gasteiger partial charge in [-0.1, -0.05) is 42.5 Å². The molecule has 0 fully saturated rings. The van der Waals surface area contributed by atoms with Crippen molar-refractivity contribution in [2.75, 3.05) is 0 Å². The van der Waals surface area contributed by atoms with Crippen molar-refractivity contribution >= 4 is 50.9 Å². The number of para-hydroxylation sites is 2. The second-order valence-electron chi connectivity index (χ2n) is 8.31. The van der Waals surface area contributed by atoms with Crippen LogP contribution in [0.4, 0.5) is 0 Å². The topological polar surface area (TPSA) is 116 Å². The number of thiophene rings is 1. The van der Waals surface area contributed by atoms with Crippen molar-refractivity contribution in [3.8, 4) is 10.6 Å². The van der Waals surface area contributed by atoms with E-state index in [9.17, 15) is 14.4 Å². The molecule has 3 heterocycles. The Bertz CT molecular complexity index is 1580. The molecule has 0 radical (unpaired) electrons. The van der Waals surface area contributed by atoms with E-state index in [0.29, 0.717) is 22.2 Å². The van der Waals surface area contributed by atoms with E-state index in [0.717, 1.165) is 21.3 Å². The number of pyridine rings is 1. The molecule has 4 N–H and O–H groups in total. The van der Waals surface area contributed by atoms with Gasteiger partial charge in [-0.2, -0.15) is 0 Å². The fraction of sp³-hybridized carbons (Fsp3) is 0.111. The number of rotatable bonds is 6. The van der Waals surface area contributed by atoms with E-state index in [-0.39, 0.29) is 12.3 Å². The van der Waals surface area contributed by atoms with Crippen molar-refractivity contribution in [1.82, 2.24) is 26.1 Å². The SMILES string of the molecule is CC(=O)NC(Cc1c[nH]c2ccccc12)C(=O)NNC(=O)c1cc(-c2cccs2)nc2ccccc12. The number of hydrogen-bond acceptors (Lipinski definition) is 5. The number of aromatic nitrogens is 2. The fourth-order valence-corrected chi connectivity index (χ4v) is 4.85. The average molecular weight is 498 g/mol. The predicted molar refractivity (Wildman–Crippen MR) is 140 cm³/mol. The van der Waals surface area contributed by atoms with E-state index < -0.39 is 17.9 Å². The van der Waals surface area contributed by atoms with Crippen LogP contribution in [0.2, 0.25) is 0 Å². The first-order valence-corrected chi connectivity index (χ1v) is 12.2. The number of benzene rings is 2. The summed E-state index contributed by atoms with van der Waals surface area (Å²) in [6.07, 6.45) is 2.08. The summed E-state index contributed by atoms with van der Waals surface area (Å²) in [7, 11) is 0. The van der Waals surface area contributed by atoms with Crippen LogP contribution in [0, 0.1) is 0 Å². The smallest absolute Gasteiger partial charge is 0.270 e. The molecule has 0 aliphatic carbocycles. The van der Waals surface area contributed by atoms with Crippen LogP contribution in [-0.2, 0) is 16.0 Å². The van der Waals surface area contributed by atoms with Gasteiger partial charge in [-0.05, 0) is 35.2 Å². The van der Waals surface area contributed by atoms with Crippen LogP contribution in [-0.4, -0.2) is 33.7 Å². The van der Waals surface area contributed by atoms with Gasteiger partial charge in [0.05, 0.1) is 21.7 Å². The molecule has 3 aromatic heterocycles. The monoisotopic (exact) mass is 497 g/mol. The van der Waals surface area contributed by atoms with Gasteiger partial charge in [0.2, 0.25) is 5.91 Å². The Morgan fingerprint density at radius 1 is 0.972 bits per heavy atom. The minimum atomic E-state index is -0.877. The number of fused-ring (bicyclic) bond motifs is 2. The largest absolute Gasteiger partial charge is 0.361 e. The summed E-state index contributed by atoms with van der Waals surface area (Å²) < 4.78 is 0. The first-order valence-electron chi connectivity index (χ1n) is 11.4. The summed E-state index contributed by atoms with van der Waals surface area (Å²) in [4.78, 5) is 46.8. The molecule has 2 aromatic carbocycles. The highest BCUT2D eigenvalue weighted by atomic mass is 32.1. The molecule has 1 atom stereocenters. The van der Waals surface area contributed by atoms with Gasteiger partial charge < -0.3 is 10.3 Å². The highest BCUT2D eigenvalue weighted by Gasteiger charge is 2.23. The Morgan fingerprint density at radius 2 is 1.75 bits per heavy atom. The number of carbonyl (C=O) groups excluding carboxylic acids is 3. The van der Waals surface area contributed by atoms with E-state index >= 15 is 0 Å². The summed E-state index contributed by atoms with van der Waals surface area (Å²) in [6, 6.07) is 19.8. The number of aromatic amines is 1. The van der Waals surface area contributed by atoms with Crippen molar-refractivity contribution in [1.29, 1.82) is 0 Å². The zero-order valence-corrected chi connectivity index (χ0v) is 20.2. The normalized spacial score (nSPS) is 11.8. The van der Waals surface area contributed by atoms with Crippen LogP contribution in [0.3, 0.4) is 0 Å². The maximum absolute atomic E-state index is 13.2. The number of nitrogens with one attached hydrogen (secondary N) is 4. The van der Waals surface area contributed by atoms with E-state index in [1.165, 1.54) is 18.3 Å². The van der Waals surface area contributed by atoms with Crippen LogP contribution >= 0.6 is 11.3 Å². The Kier molecular flexibility index (Phi) is 6.46. The van der Waals surface area contributed by atoms with Crippen LogP contribution < -0.4 is 16.2 Å². The number of amides is 3. The van der Waals surface area contributed by atoms with E-state index in [1.807, 2.05) is 72.2 Å². The molecule has 0 spiro atoms. The minimum Gasteiger partial charge on any atom is -0.361 e. The van der Waals surface area contributed by atoms with Crippen molar-refractivity contribution in [2.45, 2.75) is 19.4 Å². The first kappa shape index (κ1) is 23.3. The number of hydrogen-bond donors (Lipinski definition) is 4. The third kappa shape index (κ3) is 4.82. The molecular formula is C27H23N5O3S. The van der Waals surface area contributed by atoms with Crippen LogP contribution in [0.1, 0.15) is 22.8 Å². The number of carbonyl (C=O) groups is 3. The third-order valence-electron chi connectivity index (χ3n) is 5.83. The zero-order chi connectivity index (χ0) is 25.1. The number of H-pyrrole nitrogens is 1. The van der Waals surface area contributed by atoms with Crippen LogP contribution in [0.5, 0.6) is 0 Å². The standard InChI is InChI=1S/C27H23N5O3S/c1-16(33)29-24(13-17-15-28-21-9-4-2-7-18(17)21)27(35)32-31-26(34)20-14-23(25-11-6-12-36-25)30-22-10-5-3-8-19(20)22/h2-12,14-15,24,28H,13H2,1H3,(H,29,33)(H,31,34)(H,32,35). The Balaban J connectivity index is 1.36. The van der Waals surface area contributed by atoms with Crippen molar-refractivity contribution < 1.29 is 14.4 Å². The van der Waals surface area contributed by atoms with Gasteiger partial charge in [0.25, 0.3) is 11.8 Å². The molecule has 180 valence electrons. The fourth-order valence-electron chi connectivity index (χ4n) is 4.16. The summed E-state index contributed by atoms with van der Waals surface area (Å²) in [5.74, 6) is -1.35. The van der Waals surface area contributed by atoms with Crippen molar-refractivity contribution in [2.24, 2.45) is 0 Å². The van der Waals surface area contributed by atoms with Crippen molar-refractivity contribution in [3.05, 3.63) is 89.4 Å². The molecule has 5 aromatic rings. The number of nitrogens with zero attached hydrogens (tertiary/aromatic N) is 1. The summed E-state index contributed by atoms with van der Waals surface area (Å²) in [6.45, 7) is 1.35. The van der Waals surface area contributed by atoms with Gasteiger partial charge in [-0.15, -0.1) is 11.3 Å². The lowest BCUT2D eigenvalue weighted by Gasteiger charge is -2.18. The minimum absolute atomic E-state index is 0.256. The van der Waals surface area contributed by atoms with Crippen LogP contribution in [0.15, 0.2) is 78.3 Å². The molecule has 9 heteroatoms. The molecule has 0 aliphatic heterocycles. The molecule has 3 amide bonds. The van der Waals surface area contributed by atoms with Gasteiger partial charge in [0, 0.05) is 35.8 Å². The van der Waals surface area contributed by atoms with E-state index in [1.54, 1.807) is 6.07 Å². The van der Waals surface area contributed by atoms with Gasteiger partial charge in [0.1, 0.15) is 6.04 Å². The second-order valence-corrected chi connectivity index (χ2v) is 9.26. The molecule has 0 saturated carbocycles. The zero-order valence-electron chi connectivity index (χ0n) is 19.4. The quantitative estimate of drug-likeness (QED) is 0.266. The molecule has 0 aliphatic rings. The van der Waals surface area contributed by atoms with Gasteiger partial charge in [-0.25, -0.2) is 4.98 Å². The Hall–Kier alpha value is -4.50. The molecule has 5 rings (SSSR count). The van der Waals surface area contributed by atoms with Crippen molar-refractivity contribution in [3.63, 3.8) is 0 Å². The molecule has 0 bridgehead atoms. The molecule has 0 saturated heterocycles. The first-order chi connectivity index (χ1) is 17.5. The number of hydrazine groups is 1. The lowest BCUT2D eigenvalue weighted by molar-refractivity contribution is -0.128. The van der Waals surface area contributed by atoms with Gasteiger partial charge in [-0.3, -0.25) is 25.2 Å². The highest BCUT2D eigenvalue weighted by Crippen LogP contribution is 2.27. The lowest BCUT2D eigenvalue weighted by Crippen LogP contribution is -2.52. The van der Waals surface area contributed by atoms with Crippen LogP contribution in [0.25, 0.3) is 32.4 Å². The Morgan fingerprint density at radius 3 is 2.53 bits per heavy atom. The third-order valence-corrected chi connectivity index (χ3v) is 6.72. The molecule has 1 unspecified atom stereocenters. The van der Waals surface area contributed by atoms with E-state index in [2.05, 4.69) is 26.1 Å². The lowest BCUT2D eigenvalue weighted by atomic mass is 10.0. The summed E-state index contributed by atoms with van der Waals surface area (Å²) in [5.41, 5.74) is 8.56. The summed E-state index contributed by atoms with van der Waals surface area (Å²) >= 11 is 1.53. The summed E-state index contributed by atoms with van der Waals surface area (Å²) in [5, 5.41) is 6.26. The molecule has 8 nitrogen and oxygen atoms in total. The van der Waals surface area contributed by atoms with Gasteiger partial charge in [0.15, 0.2) is 0 Å². The average Bonchev–Trinajstić information content (AvgIpc) is 3.57. The molecular weight excluding hydrogens is 474 g/mol. The molecule has 36 heavy (non-hydrogen) atoms. The van der Waals surface area contributed by atoms with E-state index in [4.69, 9.17) is 0 Å². The Labute approximate surface area is 210 Å². The maximum Gasteiger partial charge on any atom is 0.270 e. The second kappa shape index (κ2) is 10.0. The van der Waals surface area contributed by atoms with Gasteiger partial charge >= 0.3 is 0 Å². The highest BCUT2D eigenvalue weighted by molar-refractivity contribution is 7.13.